The van der Waals surface area contributed by atoms with Gasteiger partial charge in [-0.25, -0.2) is 13.2 Å². The van der Waals surface area contributed by atoms with Crippen LogP contribution in [0, 0.1) is 0 Å². The van der Waals surface area contributed by atoms with Crippen molar-refractivity contribution >= 4 is 27.4 Å². The SMILES string of the molecule is COC(=O)c1ccc(CS(=O)(=O)c2ccc3c(c2)CC(=O)N3)cc1. The highest BCUT2D eigenvalue weighted by Crippen LogP contribution is 2.27. The molecule has 3 rings (SSSR count). The maximum absolute atomic E-state index is 12.6. The van der Waals surface area contributed by atoms with Gasteiger partial charge < -0.3 is 10.1 Å². The summed E-state index contributed by atoms with van der Waals surface area (Å²) in [6, 6.07) is 10.9. The number of hydrogen-bond acceptors (Lipinski definition) is 5. The second-order valence-electron chi connectivity index (χ2n) is 5.49. The fraction of sp³-hybridized carbons (Fsp3) is 0.176. The second-order valence-corrected chi connectivity index (χ2v) is 7.48. The average molecular weight is 345 g/mol. The standard InChI is InChI=1S/C17H15NO5S/c1-23-17(20)12-4-2-11(3-5-12)10-24(21,22)14-6-7-15-13(8-14)9-16(19)18-15/h2-8H,9-10H2,1H3,(H,18,19). The zero-order chi connectivity index (χ0) is 17.3. The molecule has 0 saturated heterocycles. The van der Waals surface area contributed by atoms with Crippen LogP contribution in [0.5, 0.6) is 0 Å². The molecule has 0 bridgehead atoms. The first-order chi connectivity index (χ1) is 11.4. The lowest BCUT2D eigenvalue weighted by Gasteiger charge is -2.07. The Bertz CT molecular complexity index is 916. The zero-order valence-corrected chi connectivity index (χ0v) is 13.7. The van der Waals surface area contributed by atoms with Crippen molar-refractivity contribution in [1.29, 1.82) is 0 Å². The van der Waals surface area contributed by atoms with Crippen LogP contribution in [0.15, 0.2) is 47.4 Å². The summed E-state index contributed by atoms with van der Waals surface area (Å²) in [5, 5.41) is 2.67. The minimum absolute atomic E-state index is 0.141. The van der Waals surface area contributed by atoms with Gasteiger partial charge in [-0.3, -0.25) is 4.79 Å². The Balaban J connectivity index is 1.83. The van der Waals surface area contributed by atoms with E-state index in [1.807, 2.05) is 0 Å². The Morgan fingerprint density at radius 2 is 1.88 bits per heavy atom. The number of fused-ring (bicyclic) bond motifs is 1. The van der Waals surface area contributed by atoms with Crippen molar-refractivity contribution < 1.29 is 22.7 Å². The molecule has 0 saturated carbocycles. The molecule has 2 aromatic rings. The minimum atomic E-state index is -3.55. The monoisotopic (exact) mass is 345 g/mol. The molecule has 0 atom stereocenters. The van der Waals surface area contributed by atoms with E-state index >= 15 is 0 Å². The predicted molar refractivity (Wildman–Crippen MR) is 87.4 cm³/mol. The Kier molecular flexibility index (Phi) is 4.11. The highest BCUT2D eigenvalue weighted by Gasteiger charge is 2.22. The summed E-state index contributed by atoms with van der Waals surface area (Å²) in [5.41, 5.74) is 2.27. The lowest BCUT2D eigenvalue weighted by atomic mass is 10.1. The van der Waals surface area contributed by atoms with Crippen LogP contribution < -0.4 is 5.32 Å². The number of carbonyl (C=O) groups excluding carboxylic acids is 2. The fourth-order valence-electron chi connectivity index (χ4n) is 2.56. The van der Waals surface area contributed by atoms with Crippen molar-refractivity contribution in [2.75, 3.05) is 12.4 Å². The van der Waals surface area contributed by atoms with Crippen molar-refractivity contribution in [2.45, 2.75) is 17.1 Å². The van der Waals surface area contributed by atoms with Crippen LogP contribution in [0.3, 0.4) is 0 Å². The number of rotatable bonds is 4. The quantitative estimate of drug-likeness (QED) is 0.856. The predicted octanol–water partition coefficient (Wildman–Crippen LogP) is 1.94. The van der Waals surface area contributed by atoms with E-state index in [-0.39, 0.29) is 23.0 Å². The molecule has 1 heterocycles. The van der Waals surface area contributed by atoms with Gasteiger partial charge in [-0.15, -0.1) is 0 Å². The van der Waals surface area contributed by atoms with Crippen molar-refractivity contribution in [2.24, 2.45) is 0 Å². The number of nitrogens with one attached hydrogen (secondary N) is 1. The molecule has 0 radical (unpaired) electrons. The molecule has 0 aromatic heterocycles. The van der Waals surface area contributed by atoms with E-state index in [9.17, 15) is 18.0 Å². The molecule has 0 spiro atoms. The van der Waals surface area contributed by atoms with Crippen molar-refractivity contribution in [3.05, 3.63) is 59.2 Å². The Hall–Kier alpha value is -2.67. The van der Waals surface area contributed by atoms with Gasteiger partial charge >= 0.3 is 5.97 Å². The topological polar surface area (TPSA) is 89.5 Å². The first kappa shape index (κ1) is 16.2. The summed E-state index contributed by atoms with van der Waals surface area (Å²) in [4.78, 5) is 22.9. The molecule has 2 aromatic carbocycles. The van der Waals surface area contributed by atoms with E-state index in [1.165, 1.54) is 31.4 Å². The summed E-state index contributed by atoms with van der Waals surface area (Å²) in [6.45, 7) is 0. The third kappa shape index (κ3) is 3.16. The van der Waals surface area contributed by atoms with Gasteiger partial charge in [0.25, 0.3) is 0 Å². The summed E-state index contributed by atoms with van der Waals surface area (Å²) < 4.78 is 29.7. The Morgan fingerprint density at radius 3 is 2.54 bits per heavy atom. The van der Waals surface area contributed by atoms with Gasteiger partial charge in [-0.2, -0.15) is 0 Å². The van der Waals surface area contributed by atoms with Gasteiger partial charge in [-0.05, 0) is 41.5 Å². The molecule has 0 aliphatic carbocycles. The first-order valence-electron chi connectivity index (χ1n) is 7.22. The van der Waals surface area contributed by atoms with Crippen molar-refractivity contribution in [1.82, 2.24) is 0 Å². The normalized spacial score (nSPS) is 13.3. The van der Waals surface area contributed by atoms with Gasteiger partial charge in [0.05, 0.1) is 29.7 Å². The van der Waals surface area contributed by atoms with Crippen LogP contribution in [-0.4, -0.2) is 27.4 Å². The fourth-order valence-corrected chi connectivity index (χ4v) is 3.95. The number of sulfone groups is 1. The first-order valence-corrected chi connectivity index (χ1v) is 8.87. The Labute approximate surface area is 139 Å². The third-order valence-electron chi connectivity index (χ3n) is 3.79. The summed E-state index contributed by atoms with van der Waals surface area (Å²) in [6.07, 6.45) is 0.187. The molecule has 1 amide bonds. The van der Waals surface area contributed by atoms with E-state index in [2.05, 4.69) is 10.1 Å². The summed E-state index contributed by atoms with van der Waals surface area (Å²) in [5.74, 6) is -0.799. The van der Waals surface area contributed by atoms with E-state index in [1.54, 1.807) is 18.2 Å². The molecule has 124 valence electrons. The number of methoxy groups -OCH3 is 1. The van der Waals surface area contributed by atoms with E-state index < -0.39 is 15.8 Å². The molecule has 1 aliphatic rings. The zero-order valence-electron chi connectivity index (χ0n) is 12.9. The molecule has 6 nitrogen and oxygen atoms in total. The van der Waals surface area contributed by atoms with Gasteiger partial charge in [0.15, 0.2) is 9.84 Å². The van der Waals surface area contributed by atoms with E-state index in [0.29, 0.717) is 22.4 Å². The molecule has 1 N–H and O–H groups in total. The number of amides is 1. The number of benzene rings is 2. The number of ether oxygens (including phenoxy) is 1. The van der Waals surface area contributed by atoms with Crippen LogP contribution in [0.2, 0.25) is 0 Å². The van der Waals surface area contributed by atoms with Crippen LogP contribution in [0.25, 0.3) is 0 Å². The molecular weight excluding hydrogens is 330 g/mol. The highest BCUT2D eigenvalue weighted by atomic mass is 32.2. The van der Waals surface area contributed by atoms with E-state index in [0.717, 1.165) is 0 Å². The number of anilines is 1. The molecule has 0 unspecified atom stereocenters. The van der Waals surface area contributed by atoms with Crippen molar-refractivity contribution in [3.8, 4) is 0 Å². The molecule has 0 fully saturated rings. The lowest BCUT2D eigenvalue weighted by Crippen LogP contribution is -2.06. The van der Waals surface area contributed by atoms with Gasteiger partial charge in [-0.1, -0.05) is 12.1 Å². The van der Waals surface area contributed by atoms with Crippen molar-refractivity contribution in [3.63, 3.8) is 0 Å². The second kappa shape index (κ2) is 6.09. The van der Waals surface area contributed by atoms with Gasteiger partial charge in [0.1, 0.15) is 0 Å². The van der Waals surface area contributed by atoms with E-state index in [4.69, 9.17) is 0 Å². The molecule has 7 heteroatoms. The van der Waals surface area contributed by atoms with Gasteiger partial charge in [0, 0.05) is 5.69 Å². The molecular formula is C17H15NO5S. The average Bonchev–Trinajstić information content (AvgIpc) is 2.93. The number of hydrogen-bond donors (Lipinski definition) is 1. The van der Waals surface area contributed by atoms with Crippen LogP contribution in [-0.2, 0) is 31.5 Å². The highest BCUT2D eigenvalue weighted by molar-refractivity contribution is 7.90. The Morgan fingerprint density at radius 1 is 1.17 bits per heavy atom. The molecule has 24 heavy (non-hydrogen) atoms. The largest absolute Gasteiger partial charge is 0.465 e. The smallest absolute Gasteiger partial charge is 0.337 e. The minimum Gasteiger partial charge on any atom is -0.465 e. The number of esters is 1. The summed E-state index contributed by atoms with van der Waals surface area (Å²) in [7, 11) is -2.26. The molecule has 1 aliphatic heterocycles. The van der Waals surface area contributed by atoms with Gasteiger partial charge in [0.2, 0.25) is 5.91 Å². The summed E-state index contributed by atoms with van der Waals surface area (Å²) >= 11 is 0. The number of carbonyl (C=O) groups is 2. The third-order valence-corrected chi connectivity index (χ3v) is 5.48. The van der Waals surface area contributed by atoms with Crippen LogP contribution in [0.1, 0.15) is 21.5 Å². The van der Waals surface area contributed by atoms with Crippen LogP contribution in [0.4, 0.5) is 5.69 Å². The lowest BCUT2D eigenvalue weighted by molar-refractivity contribution is -0.115. The maximum Gasteiger partial charge on any atom is 0.337 e. The van der Waals surface area contributed by atoms with Crippen LogP contribution >= 0.6 is 0 Å². The maximum atomic E-state index is 12.6.